The van der Waals surface area contributed by atoms with Crippen LogP contribution in [0.4, 0.5) is 5.69 Å². The molecule has 3 aromatic rings. The minimum Gasteiger partial charge on any atom is -0.280 e. The lowest BCUT2D eigenvalue weighted by atomic mass is 10.0. The maximum Gasteiger partial charge on any atom is 0.261 e. The molecule has 3 aromatic carbocycles. The van der Waals surface area contributed by atoms with Gasteiger partial charge >= 0.3 is 0 Å². The molecule has 3 rings (SSSR count). The third-order valence-corrected chi connectivity index (χ3v) is 5.25. The maximum absolute atomic E-state index is 12.4. The molecule has 0 fully saturated rings. The lowest BCUT2D eigenvalue weighted by Gasteiger charge is -2.09. The summed E-state index contributed by atoms with van der Waals surface area (Å²) in [6, 6.07) is 22.4. The molecule has 0 amide bonds. The summed E-state index contributed by atoms with van der Waals surface area (Å²) in [7, 11) is -3.56. The lowest BCUT2D eigenvalue weighted by molar-refractivity contribution is 0.601. The Kier molecular flexibility index (Phi) is 4.40. The zero-order valence-electron chi connectivity index (χ0n) is 13.7. The third-order valence-electron chi connectivity index (χ3n) is 3.85. The molecular formula is C20H19NO2S. The van der Waals surface area contributed by atoms with Crippen LogP contribution < -0.4 is 4.72 Å². The normalized spacial score (nSPS) is 11.2. The predicted octanol–water partition coefficient (Wildman–Crippen LogP) is 4.77. The van der Waals surface area contributed by atoms with Crippen molar-refractivity contribution in [3.05, 3.63) is 83.9 Å². The fourth-order valence-electron chi connectivity index (χ4n) is 2.41. The van der Waals surface area contributed by atoms with E-state index in [1.165, 1.54) is 5.56 Å². The van der Waals surface area contributed by atoms with Crippen LogP contribution in [0.15, 0.2) is 77.7 Å². The summed E-state index contributed by atoms with van der Waals surface area (Å²) in [6.07, 6.45) is 0. The van der Waals surface area contributed by atoms with E-state index in [4.69, 9.17) is 0 Å². The second-order valence-corrected chi connectivity index (χ2v) is 7.54. The van der Waals surface area contributed by atoms with Gasteiger partial charge in [0.05, 0.1) is 4.90 Å². The summed E-state index contributed by atoms with van der Waals surface area (Å²) in [5.41, 5.74) is 4.94. The van der Waals surface area contributed by atoms with Crippen molar-refractivity contribution in [2.45, 2.75) is 18.7 Å². The fourth-order valence-corrected chi connectivity index (χ4v) is 3.47. The molecule has 0 atom stereocenters. The molecule has 0 spiro atoms. The zero-order valence-corrected chi connectivity index (χ0v) is 14.5. The van der Waals surface area contributed by atoms with Gasteiger partial charge in [-0.05, 0) is 49.2 Å². The highest BCUT2D eigenvalue weighted by molar-refractivity contribution is 7.92. The SMILES string of the molecule is Cc1ccc(-c2ccc(NS(=O)(=O)c3ccc(C)cc3)cc2)cc1. The Balaban J connectivity index is 1.81. The number of benzene rings is 3. The molecule has 24 heavy (non-hydrogen) atoms. The number of aryl methyl sites for hydroxylation is 2. The Morgan fingerprint density at radius 1 is 0.625 bits per heavy atom. The number of hydrogen-bond acceptors (Lipinski definition) is 2. The number of rotatable bonds is 4. The Morgan fingerprint density at radius 3 is 1.54 bits per heavy atom. The van der Waals surface area contributed by atoms with Gasteiger partial charge in [0.15, 0.2) is 0 Å². The van der Waals surface area contributed by atoms with Crippen LogP contribution in [0.2, 0.25) is 0 Å². The van der Waals surface area contributed by atoms with Crippen molar-refractivity contribution in [1.82, 2.24) is 0 Å². The van der Waals surface area contributed by atoms with Gasteiger partial charge in [-0.15, -0.1) is 0 Å². The van der Waals surface area contributed by atoms with Crippen molar-refractivity contribution >= 4 is 15.7 Å². The number of sulfonamides is 1. The highest BCUT2D eigenvalue weighted by Gasteiger charge is 2.13. The Hall–Kier alpha value is -2.59. The van der Waals surface area contributed by atoms with Crippen molar-refractivity contribution in [3.8, 4) is 11.1 Å². The van der Waals surface area contributed by atoms with Crippen molar-refractivity contribution < 1.29 is 8.42 Å². The van der Waals surface area contributed by atoms with Crippen LogP contribution in [0, 0.1) is 13.8 Å². The number of nitrogens with one attached hydrogen (secondary N) is 1. The number of anilines is 1. The van der Waals surface area contributed by atoms with Gasteiger partial charge in [0.2, 0.25) is 0 Å². The second-order valence-electron chi connectivity index (χ2n) is 5.86. The molecule has 3 nitrogen and oxygen atoms in total. The van der Waals surface area contributed by atoms with Crippen molar-refractivity contribution in [3.63, 3.8) is 0 Å². The van der Waals surface area contributed by atoms with Crippen LogP contribution in [-0.2, 0) is 10.0 Å². The fraction of sp³-hybridized carbons (Fsp3) is 0.100. The van der Waals surface area contributed by atoms with E-state index in [1.807, 2.05) is 26.0 Å². The second kappa shape index (κ2) is 6.49. The summed E-state index contributed by atoms with van der Waals surface area (Å²) >= 11 is 0. The van der Waals surface area contributed by atoms with E-state index < -0.39 is 10.0 Å². The lowest BCUT2D eigenvalue weighted by Crippen LogP contribution is -2.12. The van der Waals surface area contributed by atoms with Gasteiger partial charge in [-0.1, -0.05) is 59.7 Å². The number of hydrogen-bond donors (Lipinski definition) is 1. The molecular weight excluding hydrogens is 318 g/mol. The van der Waals surface area contributed by atoms with Gasteiger partial charge in [-0.25, -0.2) is 8.42 Å². The quantitative estimate of drug-likeness (QED) is 0.745. The van der Waals surface area contributed by atoms with E-state index in [9.17, 15) is 8.42 Å². The van der Waals surface area contributed by atoms with Gasteiger partial charge in [0, 0.05) is 5.69 Å². The molecule has 0 heterocycles. The smallest absolute Gasteiger partial charge is 0.261 e. The summed E-state index contributed by atoms with van der Waals surface area (Å²) < 4.78 is 27.4. The summed E-state index contributed by atoms with van der Waals surface area (Å²) in [4.78, 5) is 0.260. The standard InChI is InChI=1S/C20H19NO2S/c1-15-3-7-17(8-4-15)18-9-11-19(12-10-18)21-24(22,23)20-13-5-16(2)6-14-20/h3-14,21H,1-2H3. The molecule has 0 radical (unpaired) electrons. The first-order chi connectivity index (χ1) is 11.4. The first-order valence-electron chi connectivity index (χ1n) is 7.71. The molecule has 0 saturated carbocycles. The van der Waals surface area contributed by atoms with Crippen LogP contribution in [-0.4, -0.2) is 8.42 Å². The molecule has 0 aliphatic carbocycles. The van der Waals surface area contributed by atoms with Gasteiger partial charge in [-0.3, -0.25) is 4.72 Å². The first kappa shape index (κ1) is 16.3. The molecule has 4 heteroatoms. The molecule has 0 unspecified atom stereocenters. The van der Waals surface area contributed by atoms with E-state index in [-0.39, 0.29) is 4.90 Å². The molecule has 122 valence electrons. The van der Waals surface area contributed by atoms with Crippen LogP contribution in [0.1, 0.15) is 11.1 Å². The molecule has 0 saturated heterocycles. The van der Waals surface area contributed by atoms with E-state index in [0.29, 0.717) is 5.69 Å². The highest BCUT2D eigenvalue weighted by Crippen LogP contribution is 2.23. The molecule has 0 aromatic heterocycles. The van der Waals surface area contributed by atoms with Gasteiger partial charge in [-0.2, -0.15) is 0 Å². The predicted molar refractivity (Wildman–Crippen MR) is 98.6 cm³/mol. The first-order valence-corrected chi connectivity index (χ1v) is 9.19. The van der Waals surface area contributed by atoms with E-state index in [1.54, 1.807) is 36.4 Å². The van der Waals surface area contributed by atoms with Crippen molar-refractivity contribution in [2.24, 2.45) is 0 Å². The summed E-state index contributed by atoms with van der Waals surface area (Å²) in [6.45, 7) is 3.97. The molecule has 0 bridgehead atoms. The minimum atomic E-state index is -3.56. The Labute approximate surface area is 143 Å². The summed E-state index contributed by atoms with van der Waals surface area (Å²) in [5, 5.41) is 0. The van der Waals surface area contributed by atoms with Crippen LogP contribution in [0.5, 0.6) is 0 Å². The average molecular weight is 337 g/mol. The van der Waals surface area contributed by atoms with E-state index in [2.05, 4.69) is 29.0 Å². The highest BCUT2D eigenvalue weighted by atomic mass is 32.2. The largest absolute Gasteiger partial charge is 0.280 e. The van der Waals surface area contributed by atoms with Gasteiger partial charge in [0.1, 0.15) is 0 Å². The van der Waals surface area contributed by atoms with Gasteiger partial charge in [0.25, 0.3) is 10.0 Å². The van der Waals surface area contributed by atoms with Crippen LogP contribution >= 0.6 is 0 Å². The maximum atomic E-state index is 12.4. The third kappa shape index (κ3) is 3.66. The van der Waals surface area contributed by atoms with Crippen molar-refractivity contribution in [2.75, 3.05) is 4.72 Å². The zero-order chi connectivity index (χ0) is 17.2. The minimum absolute atomic E-state index is 0.260. The molecule has 1 N–H and O–H groups in total. The Bertz CT molecular complexity index is 926. The summed E-state index contributed by atoms with van der Waals surface area (Å²) in [5.74, 6) is 0. The monoisotopic (exact) mass is 337 g/mol. The van der Waals surface area contributed by atoms with Crippen LogP contribution in [0.3, 0.4) is 0 Å². The molecule has 0 aliphatic heterocycles. The average Bonchev–Trinajstić information content (AvgIpc) is 2.56. The van der Waals surface area contributed by atoms with Crippen molar-refractivity contribution in [1.29, 1.82) is 0 Å². The topological polar surface area (TPSA) is 46.2 Å². The van der Waals surface area contributed by atoms with Crippen LogP contribution in [0.25, 0.3) is 11.1 Å². The Morgan fingerprint density at radius 2 is 1.04 bits per heavy atom. The molecule has 0 aliphatic rings. The van der Waals surface area contributed by atoms with E-state index >= 15 is 0 Å². The van der Waals surface area contributed by atoms with Gasteiger partial charge < -0.3 is 0 Å². The van der Waals surface area contributed by atoms with E-state index in [0.717, 1.165) is 16.7 Å².